The van der Waals surface area contributed by atoms with Gasteiger partial charge in [-0.15, -0.1) is 0 Å². The van der Waals surface area contributed by atoms with Crippen LogP contribution in [0.2, 0.25) is 0 Å². The van der Waals surface area contributed by atoms with Crippen LogP contribution in [-0.4, -0.2) is 12.1 Å². The second-order valence-electron chi connectivity index (χ2n) is 10.1. The molecule has 0 amide bonds. The van der Waals surface area contributed by atoms with Crippen LogP contribution in [0.25, 0.3) is 5.83 Å². The van der Waals surface area contributed by atoms with E-state index >= 15 is 4.39 Å². The predicted octanol–water partition coefficient (Wildman–Crippen LogP) is 7.86. The minimum atomic E-state index is -0.694. The number of benzene rings is 2. The molecule has 0 aromatic heterocycles. The Morgan fingerprint density at radius 3 is 1.85 bits per heavy atom. The number of rotatable bonds is 5. The summed E-state index contributed by atoms with van der Waals surface area (Å²) >= 11 is 0. The van der Waals surface area contributed by atoms with E-state index in [1.54, 1.807) is 12.1 Å². The topological polar surface area (TPSA) is 26.3 Å². The molecule has 2 aliphatic carbocycles. The number of carbonyl (C=O) groups excluding carboxylic acids is 1. The summed E-state index contributed by atoms with van der Waals surface area (Å²) in [6.45, 7) is 0. The summed E-state index contributed by atoms with van der Waals surface area (Å²) in [4.78, 5) is 11.1. The summed E-state index contributed by atoms with van der Waals surface area (Å²) < 4.78 is 35.2. The van der Waals surface area contributed by atoms with Gasteiger partial charge >= 0.3 is 5.97 Å². The van der Waals surface area contributed by atoms with Crippen LogP contribution in [0, 0.1) is 11.8 Å². The van der Waals surface area contributed by atoms with Crippen molar-refractivity contribution < 1.29 is 18.3 Å². The van der Waals surface area contributed by atoms with E-state index in [1.165, 1.54) is 11.1 Å². The lowest BCUT2D eigenvalue weighted by molar-refractivity contribution is -0.176. The maximum Gasteiger partial charge on any atom is 0.309 e. The van der Waals surface area contributed by atoms with E-state index in [0.717, 1.165) is 38.5 Å². The monoisotopic (exact) mass is 450 g/mol. The van der Waals surface area contributed by atoms with Crippen molar-refractivity contribution in [2.45, 2.75) is 75.7 Å². The van der Waals surface area contributed by atoms with Gasteiger partial charge in [0.25, 0.3) is 0 Å². The Kier molecular flexibility index (Phi) is 6.62. The van der Waals surface area contributed by atoms with Crippen LogP contribution in [-0.2, 0) is 9.53 Å². The summed E-state index contributed by atoms with van der Waals surface area (Å²) in [5.41, 5.74) is 2.84. The van der Waals surface area contributed by atoms with Crippen molar-refractivity contribution >= 4 is 11.8 Å². The first-order valence-corrected chi connectivity index (χ1v) is 12.5. The fourth-order valence-corrected chi connectivity index (χ4v) is 6.03. The highest BCUT2D eigenvalue weighted by Crippen LogP contribution is 2.43. The Hall–Kier alpha value is -2.49. The quantitative estimate of drug-likeness (QED) is 0.434. The third-order valence-corrected chi connectivity index (χ3v) is 8.15. The Morgan fingerprint density at radius 1 is 0.727 bits per heavy atom. The largest absolute Gasteiger partial charge is 0.461 e. The van der Waals surface area contributed by atoms with Crippen molar-refractivity contribution in [3.63, 3.8) is 0 Å². The van der Waals surface area contributed by atoms with Crippen LogP contribution in [0.3, 0.4) is 0 Å². The molecular weight excluding hydrogens is 418 g/mol. The highest BCUT2D eigenvalue weighted by Gasteiger charge is 2.37. The first-order valence-electron chi connectivity index (χ1n) is 12.5. The van der Waals surface area contributed by atoms with Crippen LogP contribution in [0.5, 0.6) is 0 Å². The second-order valence-corrected chi connectivity index (χ2v) is 10.1. The molecule has 3 aliphatic rings. The van der Waals surface area contributed by atoms with E-state index in [1.807, 2.05) is 30.3 Å². The molecule has 2 aromatic rings. The number of carbonyl (C=O) groups is 1. The second kappa shape index (κ2) is 9.79. The van der Waals surface area contributed by atoms with Gasteiger partial charge in [-0.2, -0.15) is 0 Å². The average Bonchev–Trinajstić information content (AvgIpc) is 2.87. The van der Waals surface area contributed by atoms with Crippen LogP contribution in [0.15, 0.2) is 60.4 Å². The zero-order chi connectivity index (χ0) is 22.8. The van der Waals surface area contributed by atoms with E-state index in [2.05, 4.69) is 12.1 Å². The maximum atomic E-state index is 15.0. The minimum Gasteiger partial charge on any atom is -0.461 e. The van der Waals surface area contributed by atoms with Crippen molar-refractivity contribution in [3.8, 4) is 0 Å². The highest BCUT2D eigenvalue weighted by molar-refractivity contribution is 5.75. The predicted molar refractivity (Wildman–Crippen MR) is 126 cm³/mol. The fraction of sp³-hybridized carbons (Fsp3) is 0.483. The molecule has 0 radical (unpaired) electrons. The standard InChI is InChI=1S/C29H32F2O2/c30-28(24-14-8-20(9-15-24)19-4-2-1-3-5-19)29(31)25-16-10-22(11-17-25)21-6-12-23(13-7-21)26-18-27(32)33-26/h1-5,10-11,16-17,20-21,23-24,26H,6-9,12-15,18H2/b29-28+. The Morgan fingerprint density at radius 2 is 1.27 bits per heavy atom. The third kappa shape index (κ3) is 4.90. The molecule has 1 aliphatic heterocycles. The lowest BCUT2D eigenvalue weighted by Crippen LogP contribution is -2.40. The van der Waals surface area contributed by atoms with E-state index in [-0.39, 0.29) is 18.0 Å². The van der Waals surface area contributed by atoms with Gasteiger partial charge < -0.3 is 4.74 Å². The smallest absolute Gasteiger partial charge is 0.309 e. The molecule has 5 rings (SSSR count). The van der Waals surface area contributed by atoms with Gasteiger partial charge in [0.1, 0.15) is 11.9 Å². The van der Waals surface area contributed by atoms with Crippen molar-refractivity contribution in [3.05, 3.63) is 77.1 Å². The number of halogens is 2. The molecule has 0 N–H and O–H groups in total. The van der Waals surface area contributed by atoms with Gasteiger partial charge in [-0.1, -0.05) is 54.6 Å². The average molecular weight is 451 g/mol. The van der Waals surface area contributed by atoms with Gasteiger partial charge in [-0.3, -0.25) is 4.79 Å². The molecule has 1 unspecified atom stereocenters. The van der Waals surface area contributed by atoms with E-state index in [9.17, 15) is 9.18 Å². The Bertz CT molecular complexity index is 974. The van der Waals surface area contributed by atoms with Crippen LogP contribution in [0.4, 0.5) is 8.78 Å². The molecule has 33 heavy (non-hydrogen) atoms. The van der Waals surface area contributed by atoms with Gasteiger partial charge in [-0.05, 0) is 80.2 Å². The SMILES string of the molecule is O=C1CC(C2CCC(c3ccc(/C(F)=C(\F)C4CCC(c5ccccc5)CC4)cc3)CC2)O1. The summed E-state index contributed by atoms with van der Waals surface area (Å²) in [6, 6.07) is 17.8. The molecule has 3 fully saturated rings. The molecule has 1 heterocycles. The van der Waals surface area contributed by atoms with Crippen molar-refractivity contribution in [1.82, 2.24) is 0 Å². The summed E-state index contributed by atoms with van der Waals surface area (Å²) in [7, 11) is 0. The zero-order valence-electron chi connectivity index (χ0n) is 19.0. The van der Waals surface area contributed by atoms with Crippen LogP contribution in [0.1, 0.15) is 86.3 Å². The normalized spacial score (nSPS) is 30.7. The summed E-state index contributed by atoms with van der Waals surface area (Å²) in [5, 5.41) is 0. The van der Waals surface area contributed by atoms with Gasteiger partial charge in [0.15, 0.2) is 5.83 Å². The van der Waals surface area contributed by atoms with E-state index in [0.29, 0.717) is 42.6 Å². The van der Waals surface area contributed by atoms with Gasteiger partial charge in [-0.25, -0.2) is 8.78 Å². The number of esters is 1. The van der Waals surface area contributed by atoms with Crippen LogP contribution >= 0.6 is 0 Å². The molecule has 0 bridgehead atoms. The van der Waals surface area contributed by atoms with E-state index < -0.39 is 11.7 Å². The molecule has 2 nitrogen and oxygen atoms in total. The Labute approximate surface area is 195 Å². The molecule has 0 spiro atoms. The molecule has 2 saturated carbocycles. The van der Waals surface area contributed by atoms with Crippen molar-refractivity contribution in [2.75, 3.05) is 0 Å². The first-order chi connectivity index (χ1) is 16.1. The number of cyclic esters (lactones) is 1. The minimum absolute atomic E-state index is 0.0794. The molecule has 1 saturated heterocycles. The highest BCUT2D eigenvalue weighted by atomic mass is 19.2. The van der Waals surface area contributed by atoms with Crippen LogP contribution < -0.4 is 0 Å². The number of allylic oxidation sites excluding steroid dienone is 1. The molecule has 1 atom stereocenters. The summed E-state index contributed by atoms with van der Waals surface area (Å²) in [5.74, 6) is -0.306. The van der Waals surface area contributed by atoms with E-state index in [4.69, 9.17) is 4.74 Å². The van der Waals surface area contributed by atoms with Gasteiger partial charge in [0.05, 0.1) is 6.42 Å². The van der Waals surface area contributed by atoms with Crippen molar-refractivity contribution in [2.24, 2.45) is 11.8 Å². The molecule has 174 valence electrons. The zero-order valence-corrected chi connectivity index (χ0v) is 19.0. The summed E-state index contributed by atoms with van der Waals surface area (Å²) in [6.07, 6.45) is 8.07. The van der Waals surface area contributed by atoms with Gasteiger partial charge in [0, 0.05) is 11.5 Å². The lowest BCUT2D eigenvalue weighted by atomic mass is 9.75. The first kappa shape index (κ1) is 22.3. The maximum absolute atomic E-state index is 15.0. The lowest BCUT2D eigenvalue weighted by Gasteiger charge is -2.37. The number of hydrogen-bond donors (Lipinski definition) is 0. The molecular formula is C29H32F2O2. The van der Waals surface area contributed by atoms with Crippen molar-refractivity contribution in [1.29, 1.82) is 0 Å². The fourth-order valence-electron chi connectivity index (χ4n) is 6.03. The van der Waals surface area contributed by atoms with Gasteiger partial charge in [0.2, 0.25) is 0 Å². The third-order valence-electron chi connectivity index (χ3n) is 8.15. The Balaban J connectivity index is 1.17. The number of hydrogen-bond acceptors (Lipinski definition) is 2. The molecule has 2 aromatic carbocycles. The number of ether oxygens (including phenoxy) is 1. The molecule has 4 heteroatoms.